The first-order valence-corrected chi connectivity index (χ1v) is 5.47. The van der Waals surface area contributed by atoms with Gasteiger partial charge in [-0.05, 0) is 48.9 Å². The first-order valence-electron chi connectivity index (χ1n) is 5.47. The Balaban J connectivity index is 2.29. The molecule has 0 unspecified atom stereocenters. The first kappa shape index (κ1) is 11.4. The highest BCUT2D eigenvalue weighted by molar-refractivity contribution is 5.65. The van der Waals surface area contributed by atoms with Crippen molar-refractivity contribution in [3.63, 3.8) is 0 Å². The maximum Gasteiger partial charge on any atom is 0.123 e. The average Bonchev–Trinajstić information content (AvgIpc) is 2.39. The summed E-state index contributed by atoms with van der Waals surface area (Å²) in [5.74, 6) is -0.234. The van der Waals surface area contributed by atoms with E-state index in [9.17, 15) is 4.39 Å². The second kappa shape index (κ2) is 4.83. The molecular formula is C15H14FN. The van der Waals surface area contributed by atoms with Crippen molar-refractivity contribution in [2.24, 2.45) is 0 Å². The smallest absolute Gasteiger partial charge is 0.123 e. The van der Waals surface area contributed by atoms with Gasteiger partial charge in [0.05, 0.1) is 0 Å². The van der Waals surface area contributed by atoms with E-state index in [1.807, 2.05) is 42.3 Å². The van der Waals surface area contributed by atoms with Gasteiger partial charge in [-0.2, -0.15) is 0 Å². The minimum absolute atomic E-state index is 0.234. The lowest BCUT2D eigenvalue weighted by Gasteiger charge is -2.25. The number of nitrogens with zero attached hydrogens (tertiary/aromatic N) is 1. The Bertz CT molecular complexity index is 506. The monoisotopic (exact) mass is 227 g/mol. The third-order valence-corrected chi connectivity index (χ3v) is 2.66. The van der Waals surface area contributed by atoms with Gasteiger partial charge in [-0.3, -0.25) is 0 Å². The summed E-state index contributed by atoms with van der Waals surface area (Å²) >= 11 is 0. The predicted molar refractivity (Wildman–Crippen MR) is 69.3 cm³/mol. The molecule has 0 spiro atoms. The maximum atomic E-state index is 12.9. The van der Waals surface area contributed by atoms with Crippen molar-refractivity contribution in [1.82, 2.24) is 4.90 Å². The lowest BCUT2D eigenvalue weighted by molar-refractivity contribution is 0.626. The largest absolute Gasteiger partial charge is 0.318 e. The highest BCUT2D eigenvalue weighted by Crippen LogP contribution is 2.25. The van der Waals surface area contributed by atoms with E-state index in [1.54, 1.807) is 12.1 Å². The molecule has 17 heavy (non-hydrogen) atoms. The number of benzene rings is 1. The van der Waals surface area contributed by atoms with Crippen LogP contribution < -0.4 is 0 Å². The fourth-order valence-electron chi connectivity index (χ4n) is 1.72. The summed E-state index contributed by atoms with van der Waals surface area (Å²) in [6, 6.07) is 6.35. The minimum atomic E-state index is -0.234. The molecule has 2 rings (SSSR count). The Labute approximate surface area is 101 Å². The zero-order chi connectivity index (χ0) is 12.3. The van der Waals surface area contributed by atoms with Gasteiger partial charge >= 0.3 is 0 Å². The van der Waals surface area contributed by atoms with Crippen molar-refractivity contribution in [3.8, 4) is 0 Å². The van der Waals surface area contributed by atoms with Crippen LogP contribution >= 0.6 is 0 Å². The van der Waals surface area contributed by atoms with Gasteiger partial charge in [-0.1, -0.05) is 18.7 Å². The van der Waals surface area contributed by atoms with Gasteiger partial charge in [0.1, 0.15) is 5.82 Å². The van der Waals surface area contributed by atoms with Crippen molar-refractivity contribution in [1.29, 1.82) is 0 Å². The molecule has 86 valence electrons. The molecule has 0 N–H and O–H groups in total. The maximum absolute atomic E-state index is 12.9. The van der Waals surface area contributed by atoms with E-state index in [1.165, 1.54) is 12.1 Å². The van der Waals surface area contributed by atoms with Gasteiger partial charge in [0.25, 0.3) is 0 Å². The van der Waals surface area contributed by atoms with Crippen molar-refractivity contribution in [2.45, 2.75) is 6.92 Å². The van der Waals surface area contributed by atoms with E-state index >= 15 is 0 Å². The van der Waals surface area contributed by atoms with Gasteiger partial charge < -0.3 is 4.90 Å². The molecule has 0 saturated carbocycles. The molecule has 1 nitrogen and oxygen atoms in total. The summed E-state index contributed by atoms with van der Waals surface area (Å²) in [5.41, 5.74) is 2.80. The first-order chi connectivity index (χ1) is 8.22. The topological polar surface area (TPSA) is 3.24 Å². The van der Waals surface area contributed by atoms with Crippen molar-refractivity contribution >= 4 is 5.70 Å². The molecule has 0 bridgehead atoms. The van der Waals surface area contributed by atoms with Gasteiger partial charge in [0.15, 0.2) is 0 Å². The zero-order valence-electron chi connectivity index (χ0n) is 9.73. The van der Waals surface area contributed by atoms with Crippen molar-refractivity contribution in [3.05, 3.63) is 78.4 Å². The van der Waals surface area contributed by atoms with Crippen LogP contribution in [0.4, 0.5) is 4.39 Å². The summed E-state index contributed by atoms with van der Waals surface area (Å²) in [6.07, 6.45) is 9.88. The molecule has 1 heterocycles. The van der Waals surface area contributed by atoms with Gasteiger partial charge in [-0.25, -0.2) is 4.39 Å². The van der Waals surface area contributed by atoms with Crippen LogP contribution in [0.5, 0.6) is 0 Å². The van der Waals surface area contributed by atoms with Crippen molar-refractivity contribution in [2.75, 3.05) is 0 Å². The molecule has 0 fully saturated rings. The standard InChI is InChI=1S/C15H14FN/c1-3-15-6-4-5-11-17(15)12(2)13-7-9-14(16)10-8-13/h3-11H,2H2,1H3/b15-3-. The fourth-order valence-corrected chi connectivity index (χ4v) is 1.72. The minimum Gasteiger partial charge on any atom is -0.318 e. The van der Waals surface area contributed by atoms with Crippen LogP contribution in [0.2, 0.25) is 0 Å². The number of hydrogen-bond donors (Lipinski definition) is 0. The van der Waals surface area contributed by atoms with Gasteiger partial charge in [-0.15, -0.1) is 0 Å². The Hall–Kier alpha value is -2.09. The second-order valence-electron chi connectivity index (χ2n) is 3.74. The zero-order valence-corrected chi connectivity index (χ0v) is 9.73. The lowest BCUT2D eigenvalue weighted by atomic mass is 10.1. The van der Waals surface area contributed by atoms with E-state index in [2.05, 4.69) is 6.58 Å². The molecule has 0 saturated heterocycles. The Morgan fingerprint density at radius 1 is 1.24 bits per heavy atom. The van der Waals surface area contributed by atoms with Crippen LogP contribution in [-0.2, 0) is 0 Å². The lowest BCUT2D eigenvalue weighted by Crippen LogP contribution is -2.14. The van der Waals surface area contributed by atoms with Crippen LogP contribution in [0.25, 0.3) is 5.70 Å². The third-order valence-electron chi connectivity index (χ3n) is 2.66. The normalized spacial score (nSPS) is 16.6. The fraction of sp³-hybridized carbons (Fsp3) is 0.0667. The number of halogens is 1. The highest BCUT2D eigenvalue weighted by atomic mass is 19.1. The van der Waals surface area contributed by atoms with E-state index in [0.717, 1.165) is 17.0 Å². The summed E-state index contributed by atoms with van der Waals surface area (Å²) in [6.45, 7) is 6.03. The molecular weight excluding hydrogens is 213 g/mol. The molecule has 0 amide bonds. The van der Waals surface area contributed by atoms with Crippen LogP contribution in [0.15, 0.2) is 67.0 Å². The Morgan fingerprint density at radius 2 is 1.94 bits per heavy atom. The van der Waals surface area contributed by atoms with E-state index < -0.39 is 0 Å². The second-order valence-corrected chi connectivity index (χ2v) is 3.74. The highest BCUT2D eigenvalue weighted by Gasteiger charge is 2.11. The Kier molecular flexibility index (Phi) is 3.24. The molecule has 1 aromatic carbocycles. The predicted octanol–water partition coefficient (Wildman–Crippen LogP) is 4.09. The van der Waals surface area contributed by atoms with Crippen molar-refractivity contribution < 1.29 is 4.39 Å². The SMILES string of the molecule is C=C(c1ccc(F)cc1)N1C=CC=C/C1=C/C. The molecule has 2 heteroatoms. The van der Waals surface area contributed by atoms with E-state index in [0.29, 0.717) is 0 Å². The molecule has 0 atom stereocenters. The molecule has 0 aliphatic carbocycles. The number of allylic oxidation sites excluding steroid dienone is 4. The average molecular weight is 227 g/mol. The summed E-state index contributed by atoms with van der Waals surface area (Å²) < 4.78 is 12.9. The molecule has 1 aromatic rings. The summed E-state index contributed by atoms with van der Waals surface area (Å²) in [7, 11) is 0. The van der Waals surface area contributed by atoms with Gasteiger partial charge in [0.2, 0.25) is 0 Å². The third kappa shape index (κ3) is 2.36. The van der Waals surface area contributed by atoms with Crippen LogP contribution in [0.3, 0.4) is 0 Å². The molecule has 1 aliphatic rings. The molecule has 0 radical (unpaired) electrons. The van der Waals surface area contributed by atoms with Crippen LogP contribution in [0.1, 0.15) is 12.5 Å². The van der Waals surface area contributed by atoms with E-state index in [4.69, 9.17) is 0 Å². The number of rotatable bonds is 2. The Morgan fingerprint density at radius 3 is 2.59 bits per heavy atom. The summed E-state index contributed by atoms with van der Waals surface area (Å²) in [4.78, 5) is 1.98. The summed E-state index contributed by atoms with van der Waals surface area (Å²) in [5, 5.41) is 0. The quantitative estimate of drug-likeness (QED) is 0.735. The molecule has 0 aromatic heterocycles. The number of hydrogen-bond acceptors (Lipinski definition) is 1. The van der Waals surface area contributed by atoms with Crippen LogP contribution in [0, 0.1) is 5.82 Å². The van der Waals surface area contributed by atoms with E-state index in [-0.39, 0.29) is 5.82 Å². The van der Waals surface area contributed by atoms with Crippen LogP contribution in [-0.4, -0.2) is 4.90 Å². The molecule has 1 aliphatic heterocycles. The van der Waals surface area contributed by atoms with Gasteiger partial charge in [0, 0.05) is 17.6 Å².